The van der Waals surface area contributed by atoms with Gasteiger partial charge in [-0.05, 0) is 25.3 Å². The minimum atomic E-state index is -0.322. The van der Waals surface area contributed by atoms with Crippen LogP contribution in [0.2, 0.25) is 0 Å². The van der Waals surface area contributed by atoms with Crippen molar-refractivity contribution in [3.8, 4) is 0 Å². The first-order chi connectivity index (χ1) is 11.5. The molecular formula is C18H23N5O. The lowest BCUT2D eigenvalue weighted by molar-refractivity contribution is -0.121. The van der Waals surface area contributed by atoms with Gasteiger partial charge >= 0.3 is 0 Å². The fraction of sp³-hybridized carbons (Fsp3) is 0.389. The Hall–Kier alpha value is -2.63. The lowest BCUT2D eigenvalue weighted by Gasteiger charge is -2.43. The Bertz CT molecular complexity index is 703. The van der Waals surface area contributed by atoms with E-state index < -0.39 is 0 Å². The molecule has 6 heteroatoms. The van der Waals surface area contributed by atoms with Crippen molar-refractivity contribution in [2.24, 2.45) is 0 Å². The van der Waals surface area contributed by atoms with Gasteiger partial charge in [0.25, 0.3) is 0 Å². The molecule has 0 atom stereocenters. The SMILES string of the molecule is CC(=O)NC1(c2ccccc2)CCN(c2cc(N)nc(C)n2)CC1. The molecule has 0 radical (unpaired) electrons. The molecule has 1 aliphatic rings. The van der Waals surface area contributed by atoms with Crippen LogP contribution in [0.5, 0.6) is 0 Å². The third-order valence-corrected chi connectivity index (χ3v) is 4.53. The number of amides is 1. The van der Waals surface area contributed by atoms with Crippen LogP contribution in [0.15, 0.2) is 36.4 Å². The van der Waals surface area contributed by atoms with E-state index in [0.717, 1.165) is 37.3 Å². The van der Waals surface area contributed by atoms with E-state index in [2.05, 4.69) is 32.3 Å². The number of nitrogens with zero attached hydrogens (tertiary/aromatic N) is 3. The minimum absolute atomic E-state index is 0.00516. The molecule has 6 nitrogen and oxygen atoms in total. The second-order valence-corrected chi connectivity index (χ2v) is 6.31. The van der Waals surface area contributed by atoms with Crippen LogP contribution in [0.3, 0.4) is 0 Å². The van der Waals surface area contributed by atoms with Gasteiger partial charge in [0.2, 0.25) is 5.91 Å². The fourth-order valence-electron chi connectivity index (χ4n) is 3.43. The molecule has 1 saturated heterocycles. The second kappa shape index (κ2) is 6.47. The average Bonchev–Trinajstić information content (AvgIpc) is 2.55. The summed E-state index contributed by atoms with van der Waals surface area (Å²) >= 11 is 0. The predicted octanol–water partition coefficient (Wildman–Crippen LogP) is 2.00. The smallest absolute Gasteiger partial charge is 0.217 e. The third kappa shape index (κ3) is 3.32. The second-order valence-electron chi connectivity index (χ2n) is 6.31. The molecule has 0 unspecified atom stereocenters. The van der Waals surface area contributed by atoms with Gasteiger partial charge in [-0.3, -0.25) is 4.79 Å². The van der Waals surface area contributed by atoms with Gasteiger partial charge in [0, 0.05) is 26.1 Å². The van der Waals surface area contributed by atoms with Crippen LogP contribution in [-0.4, -0.2) is 29.0 Å². The number of nitrogens with one attached hydrogen (secondary N) is 1. The summed E-state index contributed by atoms with van der Waals surface area (Å²) in [5.41, 5.74) is 6.67. The summed E-state index contributed by atoms with van der Waals surface area (Å²) in [6, 6.07) is 12.0. The lowest BCUT2D eigenvalue weighted by atomic mass is 9.80. The number of piperidine rings is 1. The Balaban J connectivity index is 1.83. The number of anilines is 2. The van der Waals surface area contributed by atoms with Gasteiger partial charge in [-0.2, -0.15) is 0 Å². The first kappa shape index (κ1) is 16.2. The number of aromatic nitrogens is 2. The number of hydrogen-bond donors (Lipinski definition) is 2. The molecule has 2 heterocycles. The molecule has 2 aromatic rings. The molecule has 1 amide bonds. The highest BCUT2D eigenvalue weighted by Crippen LogP contribution is 2.34. The summed E-state index contributed by atoms with van der Waals surface area (Å²) < 4.78 is 0. The van der Waals surface area contributed by atoms with Gasteiger partial charge in [0.05, 0.1) is 5.54 Å². The molecule has 0 spiro atoms. The number of nitrogens with two attached hydrogens (primary N) is 1. The Kier molecular flexibility index (Phi) is 4.38. The molecule has 0 saturated carbocycles. The number of carbonyl (C=O) groups is 1. The molecule has 126 valence electrons. The zero-order valence-corrected chi connectivity index (χ0v) is 14.1. The first-order valence-corrected chi connectivity index (χ1v) is 8.19. The van der Waals surface area contributed by atoms with E-state index in [1.807, 2.05) is 25.1 Å². The highest BCUT2D eigenvalue weighted by molar-refractivity contribution is 5.74. The van der Waals surface area contributed by atoms with E-state index in [-0.39, 0.29) is 11.4 Å². The molecule has 1 aromatic heterocycles. The van der Waals surface area contributed by atoms with Crippen molar-refractivity contribution in [1.82, 2.24) is 15.3 Å². The lowest BCUT2D eigenvalue weighted by Crippen LogP contribution is -2.52. The van der Waals surface area contributed by atoms with E-state index in [9.17, 15) is 4.79 Å². The highest BCUT2D eigenvalue weighted by Gasteiger charge is 2.37. The zero-order chi connectivity index (χ0) is 17.2. The van der Waals surface area contributed by atoms with Crippen molar-refractivity contribution >= 4 is 17.5 Å². The maximum absolute atomic E-state index is 11.8. The number of hydrogen-bond acceptors (Lipinski definition) is 5. The molecular weight excluding hydrogens is 302 g/mol. The molecule has 0 bridgehead atoms. The van der Waals surface area contributed by atoms with Crippen LogP contribution in [0.25, 0.3) is 0 Å². The molecule has 1 aliphatic heterocycles. The largest absolute Gasteiger partial charge is 0.384 e. The van der Waals surface area contributed by atoms with E-state index in [1.54, 1.807) is 13.0 Å². The summed E-state index contributed by atoms with van der Waals surface area (Å²) in [6.45, 7) is 5.01. The van der Waals surface area contributed by atoms with Crippen LogP contribution < -0.4 is 16.0 Å². The van der Waals surface area contributed by atoms with Crippen molar-refractivity contribution < 1.29 is 4.79 Å². The summed E-state index contributed by atoms with van der Waals surface area (Å²) in [4.78, 5) is 22.6. The third-order valence-electron chi connectivity index (χ3n) is 4.53. The molecule has 24 heavy (non-hydrogen) atoms. The highest BCUT2D eigenvalue weighted by atomic mass is 16.1. The molecule has 3 rings (SSSR count). The predicted molar refractivity (Wildman–Crippen MR) is 94.6 cm³/mol. The zero-order valence-electron chi connectivity index (χ0n) is 14.1. The van der Waals surface area contributed by atoms with Gasteiger partial charge in [0.15, 0.2) is 0 Å². The average molecular weight is 325 g/mol. The van der Waals surface area contributed by atoms with Crippen LogP contribution >= 0.6 is 0 Å². The number of aryl methyl sites for hydroxylation is 1. The van der Waals surface area contributed by atoms with Crippen LogP contribution in [0.1, 0.15) is 31.2 Å². The van der Waals surface area contributed by atoms with Gasteiger partial charge < -0.3 is 16.0 Å². The fourth-order valence-corrected chi connectivity index (χ4v) is 3.43. The Morgan fingerprint density at radius 3 is 2.46 bits per heavy atom. The maximum atomic E-state index is 11.8. The van der Waals surface area contributed by atoms with Crippen molar-refractivity contribution in [3.63, 3.8) is 0 Å². The maximum Gasteiger partial charge on any atom is 0.217 e. The molecule has 1 fully saturated rings. The van der Waals surface area contributed by atoms with Gasteiger partial charge in [0.1, 0.15) is 17.5 Å². The number of nitrogen functional groups attached to an aromatic ring is 1. The minimum Gasteiger partial charge on any atom is -0.384 e. The quantitative estimate of drug-likeness (QED) is 0.902. The number of rotatable bonds is 3. The van der Waals surface area contributed by atoms with Crippen molar-refractivity contribution in [1.29, 1.82) is 0 Å². The van der Waals surface area contributed by atoms with Crippen LogP contribution in [0.4, 0.5) is 11.6 Å². The summed E-state index contributed by atoms with van der Waals surface area (Å²) in [7, 11) is 0. The normalized spacial score (nSPS) is 16.7. The number of carbonyl (C=O) groups excluding carboxylic acids is 1. The molecule has 1 aromatic carbocycles. The van der Waals surface area contributed by atoms with Gasteiger partial charge in [-0.15, -0.1) is 0 Å². The Morgan fingerprint density at radius 1 is 1.21 bits per heavy atom. The Labute approximate surface area is 142 Å². The van der Waals surface area contributed by atoms with Crippen LogP contribution in [-0.2, 0) is 10.3 Å². The van der Waals surface area contributed by atoms with E-state index >= 15 is 0 Å². The molecule has 0 aliphatic carbocycles. The summed E-state index contributed by atoms with van der Waals surface area (Å²) in [5, 5.41) is 3.18. The van der Waals surface area contributed by atoms with Crippen LogP contribution in [0, 0.1) is 6.92 Å². The van der Waals surface area contributed by atoms with E-state index in [4.69, 9.17) is 5.73 Å². The van der Waals surface area contributed by atoms with Gasteiger partial charge in [-0.1, -0.05) is 30.3 Å². The number of benzene rings is 1. The molecule has 3 N–H and O–H groups in total. The topological polar surface area (TPSA) is 84.1 Å². The monoisotopic (exact) mass is 325 g/mol. The van der Waals surface area contributed by atoms with Crippen molar-refractivity contribution in [2.45, 2.75) is 32.2 Å². The van der Waals surface area contributed by atoms with Gasteiger partial charge in [-0.25, -0.2) is 9.97 Å². The van der Waals surface area contributed by atoms with E-state index in [1.165, 1.54) is 0 Å². The van der Waals surface area contributed by atoms with Crippen molar-refractivity contribution in [2.75, 3.05) is 23.7 Å². The standard InChI is InChI=1S/C18H23N5O/c1-13-20-16(19)12-17(21-13)23-10-8-18(9-11-23,22-14(2)24)15-6-4-3-5-7-15/h3-7,12H,8-11H2,1-2H3,(H,22,24)(H2,19,20,21). The summed E-state index contributed by atoms with van der Waals surface area (Å²) in [5.74, 6) is 2.00. The van der Waals surface area contributed by atoms with E-state index in [0.29, 0.717) is 11.6 Å². The first-order valence-electron chi connectivity index (χ1n) is 8.19. The Morgan fingerprint density at radius 2 is 1.88 bits per heavy atom. The summed E-state index contributed by atoms with van der Waals surface area (Å²) in [6.07, 6.45) is 1.64. The van der Waals surface area contributed by atoms with Crippen molar-refractivity contribution in [3.05, 3.63) is 47.8 Å².